The second kappa shape index (κ2) is 22.3. The van der Waals surface area contributed by atoms with E-state index in [0.717, 1.165) is 48.4 Å². The molecule has 3 heterocycles. The quantitative estimate of drug-likeness (QED) is 0.0714. The number of ether oxygens (including phenoxy) is 2. The second-order valence-electron chi connectivity index (χ2n) is 16.1. The zero-order valence-electron chi connectivity index (χ0n) is 34.4. The van der Waals surface area contributed by atoms with Gasteiger partial charge in [0.2, 0.25) is 5.78 Å². The average Bonchev–Trinajstić information content (AvgIpc) is 4.10. The van der Waals surface area contributed by atoms with Crippen LogP contribution in [0.15, 0.2) is 113 Å². The van der Waals surface area contributed by atoms with Crippen molar-refractivity contribution in [2.75, 3.05) is 53.5 Å². The Kier molecular flexibility index (Phi) is 16.5. The summed E-state index contributed by atoms with van der Waals surface area (Å²) in [5.74, 6) is 12.1. The van der Waals surface area contributed by atoms with E-state index < -0.39 is 0 Å². The molecule has 3 nitrogen and oxygen atoms in total. The zero-order chi connectivity index (χ0) is 39.1. The lowest BCUT2D eigenvalue weighted by molar-refractivity contribution is 0.102. The van der Waals surface area contributed by atoms with E-state index >= 15 is 0 Å². The minimum atomic E-state index is 0.329. The first-order chi connectivity index (χ1) is 28.2. The molecule has 0 amide bonds. The number of Topliss-reactive ketones (excluding diaryl/α,β-unsaturated/α-hetero) is 1. The monoisotopic (exact) mass is 821 g/mol. The molecule has 0 radical (unpaired) electrons. The first-order valence-electron chi connectivity index (χ1n) is 22.0. The Hall–Kier alpha value is -3.06. The first-order valence-corrected chi connectivity index (χ1v) is 26.9. The van der Waals surface area contributed by atoms with Gasteiger partial charge < -0.3 is 9.47 Å². The van der Waals surface area contributed by atoms with Crippen molar-refractivity contribution in [3.05, 3.63) is 109 Å². The molecule has 57 heavy (non-hydrogen) atoms. The number of carbonyl (C=O) groups excluding carboxylic acids is 1. The summed E-state index contributed by atoms with van der Waals surface area (Å²) in [6.45, 7) is 3.92. The van der Waals surface area contributed by atoms with E-state index in [9.17, 15) is 4.79 Å². The van der Waals surface area contributed by atoms with Gasteiger partial charge in [0.15, 0.2) is 15.5 Å². The number of carbonyl (C=O) groups is 1. The Labute approximate surface area is 352 Å². The van der Waals surface area contributed by atoms with Crippen molar-refractivity contribution < 1.29 is 14.3 Å². The lowest BCUT2D eigenvalue weighted by atomic mass is 9.90. The number of rotatable bonds is 12. The van der Waals surface area contributed by atoms with Crippen LogP contribution in [0, 0.1) is 5.92 Å². The van der Waals surface area contributed by atoms with Crippen molar-refractivity contribution >= 4 is 60.0 Å². The van der Waals surface area contributed by atoms with E-state index in [1.54, 1.807) is 9.79 Å². The fourth-order valence-corrected chi connectivity index (χ4v) is 15.9. The van der Waals surface area contributed by atoms with Gasteiger partial charge in [-0.05, 0) is 111 Å². The molecule has 1 saturated carbocycles. The number of unbranched alkanes of at least 4 members (excludes halogenated alkanes) is 1. The Morgan fingerprint density at radius 1 is 0.544 bits per heavy atom. The molecule has 4 aliphatic rings. The van der Waals surface area contributed by atoms with Crippen molar-refractivity contribution in [2.24, 2.45) is 5.92 Å². The van der Waals surface area contributed by atoms with E-state index in [2.05, 4.69) is 79.7 Å². The Balaban J connectivity index is 0.000000135. The fourth-order valence-electron chi connectivity index (χ4n) is 8.63. The van der Waals surface area contributed by atoms with Gasteiger partial charge in [0, 0.05) is 48.9 Å². The summed E-state index contributed by atoms with van der Waals surface area (Å²) in [5, 5.41) is 5.45. The maximum absolute atomic E-state index is 11.8. The topological polar surface area (TPSA) is 35.5 Å². The third-order valence-electron chi connectivity index (χ3n) is 11.9. The molecule has 9 rings (SSSR count). The third kappa shape index (κ3) is 11.8. The molecule has 0 N–H and O–H groups in total. The molecular formula is C51H65O3S3+3. The maximum Gasteiger partial charge on any atom is 0.211 e. The van der Waals surface area contributed by atoms with E-state index in [4.69, 9.17) is 9.47 Å². The van der Waals surface area contributed by atoms with E-state index in [0.29, 0.717) is 38.5 Å². The van der Waals surface area contributed by atoms with Crippen LogP contribution in [0.3, 0.4) is 0 Å². The minimum absolute atomic E-state index is 0.329. The summed E-state index contributed by atoms with van der Waals surface area (Å²) in [6.07, 6.45) is 17.4. The fraction of sp³-hybridized carbons (Fsp3) is 0.471. The predicted octanol–water partition coefficient (Wildman–Crippen LogP) is 12.6. The van der Waals surface area contributed by atoms with Gasteiger partial charge in [-0.25, -0.2) is 0 Å². The van der Waals surface area contributed by atoms with Gasteiger partial charge in [0.1, 0.15) is 46.0 Å². The van der Waals surface area contributed by atoms with Crippen molar-refractivity contribution in [1.82, 2.24) is 0 Å². The van der Waals surface area contributed by atoms with Crippen LogP contribution in [0.4, 0.5) is 0 Å². The van der Waals surface area contributed by atoms with Crippen molar-refractivity contribution in [2.45, 2.75) is 100 Å². The van der Waals surface area contributed by atoms with Gasteiger partial charge >= 0.3 is 0 Å². The molecule has 5 aromatic carbocycles. The molecule has 1 aliphatic carbocycles. The summed E-state index contributed by atoms with van der Waals surface area (Å²) >= 11 is 0. The van der Waals surface area contributed by atoms with Crippen molar-refractivity contribution in [3.63, 3.8) is 0 Å². The van der Waals surface area contributed by atoms with Crippen LogP contribution in [-0.4, -0.2) is 59.3 Å². The Morgan fingerprint density at radius 3 is 1.58 bits per heavy atom. The van der Waals surface area contributed by atoms with Gasteiger partial charge in [-0.3, -0.25) is 4.79 Å². The number of hydrogen-bond acceptors (Lipinski definition) is 3. The summed E-state index contributed by atoms with van der Waals surface area (Å²) in [4.78, 5) is 14.9. The number of hydrogen-bond donors (Lipinski definition) is 0. The average molecular weight is 822 g/mol. The summed E-state index contributed by atoms with van der Waals surface area (Å²) in [7, 11) is 1.32. The van der Waals surface area contributed by atoms with Crippen LogP contribution >= 0.6 is 0 Å². The predicted molar refractivity (Wildman–Crippen MR) is 252 cm³/mol. The number of ketones is 1. The van der Waals surface area contributed by atoms with Crippen LogP contribution in [0.5, 0.6) is 11.5 Å². The zero-order valence-corrected chi connectivity index (χ0v) is 36.8. The Bertz CT molecular complexity index is 1970. The first kappa shape index (κ1) is 42.1. The molecule has 0 atom stereocenters. The highest BCUT2D eigenvalue weighted by Crippen LogP contribution is 2.37. The molecule has 6 heteroatoms. The van der Waals surface area contributed by atoms with E-state index in [1.807, 2.05) is 30.3 Å². The molecule has 0 bridgehead atoms. The van der Waals surface area contributed by atoms with Crippen molar-refractivity contribution in [3.8, 4) is 11.5 Å². The molecule has 3 aliphatic heterocycles. The lowest BCUT2D eigenvalue weighted by Gasteiger charge is -2.22. The van der Waals surface area contributed by atoms with Crippen LogP contribution in [0.1, 0.15) is 101 Å². The molecule has 4 fully saturated rings. The smallest absolute Gasteiger partial charge is 0.211 e. The van der Waals surface area contributed by atoms with E-state index in [1.165, 1.54) is 133 Å². The number of benzene rings is 5. The van der Waals surface area contributed by atoms with E-state index in [-0.39, 0.29) is 0 Å². The largest absolute Gasteiger partial charge is 0.493 e. The van der Waals surface area contributed by atoms with Gasteiger partial charge in [-0.2, -0.15) is 0 Å². The third-order valence-corrected chi connectivity index (χ3v) is 19.4. The van der Waals surface area contributed by atoms with Crippen LogP contribution in [0.25, 0.3) is 21.5 Å². The SMILES string of the molecule is CCCCOc1ccc([S+]2CCCC2)c2ccccc12.O=C(C[S+]1CCCC1)c1ccccc1.c1ccc2c([S+]3CCCC3)ccc(OCC3CCCCC3)c2c1. The molecule has 0 spiro atoms. The summed E-state index contributed by atoms with van der Waals surface area (Å²) in [5.41, 5.74) is 0.881. The second-order valence-corrected chi connectivity index (χ2v) is 22.9. The molecular weight excluding hydrogens is 757 g/mol. The summed E-state index contributed by atoms with van der Waals surface area (Å²) < 4.78 is 12.3. The van der Waals surface area contributed by atoms with Gasteiger partial charge in [0.05, 0.1) is 13.2 Å². The molecule has 3 saturated heterocycles. The maximum atomic E-state index is 11.8. The highest BCUT2D eigenvalue weighted by molar-refractivity contribution is 7.98. The molecule has 5 aromatic rings. The molecule has 0 unspecified atom stereocenters. The van der Waals surface area contributed by atoms with Gasteiger partial charge in [-0.1, -0.05) is 99.3 Å². The van der Waals surface area contributed by atoms with Crippen LogP contribution in [0.2, 0.25) is 0 Å². The normalized spacial score (nSPS) is 17.9. The summed E-state index contributed by atoms with van der Waals surface area (Å²) in [6, 6.07) is 36.4. The molecule has 302 valence electrons. The standard InChI is InChI=1S/C21H27OS.C18H23OS.C12H15OS/c1-2-8-17(9-3-1)16-22-20-12-13-21(23-14-6-7-15-23)19-11-5-4-10-18(19)20;1-2-3-12-19-17-10-11-18(20-13-6-7-14-20)16-9-5-4-8-15(16)17;13-12(10-14-8-4-5-9-14)11-6-2-1-3-7-11/h4-5,10-13,17H,1-3,6-9,14-16H2;4-5,8-11H,2-3,6-7,12-14H2,1H3;1-3,6-7H,4-5,8-10H2/q3*+1. The molecule has 0 aromatic heterocycles. The Morgan fingerprint density at radius 2 is 1.04 bits per heavy atom. The van der Waals surface area contributed by atoms with Crippen LogP contribution < -0.4 is 9.47 Å². The highest BCUT2D eigenvalue weighted by Gasteiger charge is 2.31. The lowest BCUT2D eigenvalue weighted by Crippen LogP contribution is -2.17. The van der Waals surface area contributed by atoms with Gasteiger partial charge in [0.25, 0.3) is 0 Å². The highest BCUT2D eigenvalue weighted by atomic mass is 32.2. The van der Waals surface area contributed by atoms with Gasteiger partial charge in [-0.15, -0.1) is 0 Å². The number of fused-ring (bicyclic) bond motifs is 2. The minimum Gasteiger partial charge on any atom is -0.493 e. The van der Waals surface area contributed by atoms with Crippen LogP contribution in [-0.2, 0) is 32.7 Å². The van der Waals surface area contributed by atoms with Crippen molar-refractivity contribution in [1.29, 1.82) is 0 Å².